The van der Waals surface area contributed by atoms with Crippen LogP contribution in [0.25, 0.3) is 0 Å². The fraction of sp³-hybridized carbons (Fsp3) is 0.400. The Hall–Kier alpha value is -2.57. The van der Waals surface area contributed by atoms with E-state index in [4.69, 9.17) is 27.9 Å². The zero-order chi connectivity index (χ0) is 23.3. The molecule has 2 fully saturated rings. The van der Waals surface area contributed by atoms with Crippen molar-refractivity contribution < 1.29 is 19.1 Å². The lowest BCUT2D eigenvalue weighted by Crippen LogP contribution is -2.53. The lowest BCUT2D eigenvalue weighted by Gasteiger charge is -2.44. The largest absolute Gasteiger partial charge is 0.484 e. The SMILES string of the molecule is Cc1ccc(N2CC(C(=O)N3CCC4(CC3)CC(=O)c3cc(Cl)cc(Cl)c3O4)CC2=O)cc1. The number of anilines is 1. The van der Waals surface area contributed by atoms with E-state index in [1.165, 1.54) is 0 Å². The second-order valence-electron chi connectivity index (χ2n) is 9.22. The smallest absolute Gasteiger partial charge is 0.228 e. The van der Waals surface area contributed by atoms with Gasteiger partial charge in [-0.05, 0) is 31.2 Å². The number of halogens is 2. The van der Waals surface area contributed by atoms with Crippen LogP contribution in [0.15, 0.2) is 36.4 Å². The lowest BCUT2D eigenvalue weighted by molar-refractivity contribution is -0.139. The molecule has 8 heteroatoms. The summed E-state index contributed by atoms with van der Waals surface area (Å²) in [5.74, 6) is -0.0705. The number of benzene rings is 2. The molecule has 2 saturated heterocycles. The van der Waals surface area contributed by atoms with Crippen LogP contribution in [0.3, 0.4) is 0 Å². The Kier molecular flexibility index (Phi) is 5.61. The number of hydrogen-bond donors (Lipinski definition) is 0. The summed E-state index contributed by atoms with van der Waals surface area (Å²) >= 11 is 12.3. The molecule has 0 radical (unpaired) electrons. The third-order valence-corrected chi connectivity index (χ3v) is 7.42. The number of Topliss-reactive ketones (excluding diaryl/α,β-unsaturated/α-hetero) is 1. The van der Waals surface area contributed by atoms with Crippen molar-refractivity contribution in [3.63, 3.8) is 0 Å². The molecule has 0 bridgehead atoms. The molecule has 1 spiro atoms. The number of likely N-dealkylation sites (tertiary alicyclic amines) is 1. The molecule has 6 nitrogen and oxygen atoms in total. The zero-order valence-electron chi connectivity index (χ0n) is 18.3. The number of aryl methyl sites for hydroxylation is 1. The molecule has 33 heavy (non-hydrogen) atoms. The summed E-state index contributed by atoms with van der Waals surface area (Å²) in [6.07, 6.45) is 1.52. The fourth-order valence-electron chi connectivity index (χ4n) is 5.03. The number of nitrogens with zero attached hydrogens (tertiary/aromatic N) is 2. The number of piperidine rings is 1. The molecular formula is C25H24Cl2N2O4. The molecule has 0 N–H and O–H groups in total. The highest BCUT2D eigenvalue weighted by Crippen LogP contribution is 2.44. The molecule has 0 aromatic heterocycles. The van der Waals surface area contributed by atoms with E-state index in [9.17, 15) is 14.4 Å². The highest BCUT2D eigenvalue weighted by Gasteiger charge is 2.46. The van der Waals surface area contributed by atoms with E-state index in [1.54, 1.807) is 21.9 Å². The molecule has 0 saturated carbocycles. The standard InChI is InChI=1S/C25H24Cl2N2O4/c1-15-2-4-18(5-3-15)29-14-16(10-22(29)31)24(32)28-8-6-25(7-9-28)13-21(30)19-11-17(26)12-20(27)23(19)33-25/h2-5,11-12,16H,6-10,13-14H2,1H3. The molecule has 1 atom stereocenters. The van der Waals surface area contributed by atoms with Gasteiger partial charge in [0.15, 0.2) is 5.78 Å². The van der Waals surface area contributed by atoms with Gasteiger partial charge >= 0.3 is 0 Å². The van der Waals surface area contributed by atoms with Crippen molar-refractivity contribution in [1.29, 1.82) is 0 Å². The Balaban J connectivity index is 1.25. The van der Waals surface area contributed by atoms with Crippen molar-refractivity contribution in [2.75, 3.05) is 24.5 Å². The maximum Gasteiger partial charge on any atom is 0.228 e. The Morgan fingerprint density at radius 1 is 1.09 bits per heavy atom. The average Bonchev–Trinajstić information content (AvgIpc) is 3.17. The summed E-state index contributed by atoms with van der Waals surface area (Å²) in [7, 11) is 0. The van der Waals surface area contributed by atoms with E-state index in [0.717, 1.165) is 11.3 Å². The van der Waals surface area contributed by atoms with Crippen LogP contribution in [0.2, 0.25) is 10.0 Å². The Morgan fingerprint density at radius 3 is 2.48 bits per heavy atom. The summed E-state index contributed by atoms with van der Waals surface area (Å²) in [5.41, 5.74) is 1.69. The molecular weight excluding hydrogens is 463 g/mol. The second-order valence-corrected chi connectivity index (χ2v) is 10.1. The van der Waals surface area contributed by atoms with Crippen molar-refractivity contribution in [2.24, 2.45) is 5.92 Å². The first-order chi connectivity index (χ1) is 15.7. The van der Waals surface area contributed by atoms with Gasteiger partial charge < -0.3 is 14.5 Å². The van der Waals surface area contributed by atoms with Crippen LogP contribution in [0, 0.1) is 12.8 Å². The molecule has 2 aromatic rings. The minimum absolute atomic E-state index is 0.0137. The predicted octanol–water partition coefficient (Wildman–Crippen LogP) is 4.68. The van der Waals surface area contributed by atoms with Crippen LogP contribution in [0.5, 0.6) is 5.75 Å². The summed E-state index contributed by atoms with van der Waals surface area (Å²) in [4.78, 5) is 42.1. The van der Waals surface area contributed by atoms with Gasteiger partial charge in [-0.1, -0.05) is 40.9 Å². The predicted molar refractivity (Wildman–Crippen MR) is 126 cm³/mol. The first kappa shape index (κ1) is 22.2. The number of fused-ring (bicyclic) bond motifs is 1. The second kappa shape index (κ2) is 8.33. The van der Waals surface area contributed by atoms with Crippen LogP contribution in [-0.4, -0.2) is 47.7 Å². The van der Waals surface area contributed by atoms with E-state index in [2.05, 4.69) is 0 Å². The van der Waals surface area contributed by atoms with Gasteiger partial charge in [-0.3, -0.25) is 14.4 Å². The Bertz CT molecular complexity index is 1140. The maximum absolute atomic E-state index is 13.2. The number of amides is 2. The third-order valence-electron chi connectivity index (χ3n) is 6.92. The van der Waals surface area contributed by atoms with E-state index < -0.39 is 5.60 Å². The Labute approximate surface area is 202 Å². The molecule has 2 aromatic carbocycles. The average molecular weight is 487 g/mol. The Morgan fingerprint density at radius 2 is 1.79 bits per heavy atom. The van der Waals surface area contributed by atoms with Crippen LogP contribution in [0.4, 0.5) is 5.69 Å². The van der Waals surface area contributed by atoms with Crippen molar-refractivity contribution in [3.8, 4) is 5.75 Å². The normalized spacial score (nSPS) is 21.8. The van der Waals surface area contributed by atoms with Gasteiger partial charge in [0, 0.05) is 49.6 Å². The van der Waals surface area contributed by atoms with Gasteiger partial charge in [-0.15, -0.1) is 0 Å². The highest BCUT2D eigenvalue weighted by molar-refractivity contribution is 6.36. The van der Waals surface area contributed by atoms with Gasteiger partial charge in [0.1, 0.15) is 11.4 Å². The minimum atomic E-state index is -0.669. The molecule has 2 amide bonds. The van der Waals surface area contributed by atoms with Gasteiger partial charge in [0.2, 0.25) is 11.8 Å². The number of ketones is 1. The molecule has 3 heterocycles. The van der Waals surface area contributed by atoms with E-state index >= 15 is 0 Å². The van der Waals surface area contributed by atoms with Gasteiger partial charge in [-0.2, -0.15) is 0 Å². The third kappa shape index (κ3) is 4.11. The summed E-state index contributed by atoms with van der Waals surface area (Å²) < 4.78 is 6.26. The van der Waals surface area contributed by atoms with Gasteiger partial charge in [0.25, 0.3) is 0 Å². The van der Waals surface area contributed by atoms with Gasteiger partial charge in [0.05, 0.1) is 22.9 Å². The number of carbonyl (C=O) groups is 3. The summed E-state index contributed by atoms with van der Waals surface area (Å²) in [6.45, 7) is 3.33. The number of ether oxygens (including phenoxy) is 1. The van der Waals surface area contributed by atoms with E-state index in [1.807, 2.05) is 31.2 Å². The first-order valence-corrected chi connectivity index (χ1v) is 11.9. The van der Waals surface area contributed by atoms with Crippen molar-refractivity contribution >= 4 is 46.5 Å². The zero-order valence-corrected chi connectivity index (χ0v) is 19.8. The highest BCUT2D eigenvalue weighted by atomic mass is 35.5. The first-order valence-electron chi connectivity index (χ1n) is 11.1. The summed E-state index contributed by atoms with van der Waals surface area (Å²) in [6, 6.07) is 10.9. The molecule has 3 aliphatic heterocycles. The molecule has 5 rings (SSSR count). The van der Waals surface area contributed by atoms with Crippen LogP contribution >= 0.6 is 23.2 Å². The molecule has 1 unspecified atom stereocenters. The number of rotatable bonds is 2. The van der Waals surface area contributed by atoms with Crippen LogP contribution in [0.1, 0.15) is 41.6 Å². The summed E-state index contributed by atoms with van der Waals surface area (Å²) in [5, 5.41) is 0.724. The van der Waals surface area contributed by atoms with Crippen molar-refractivity contribution in [1.82, 2.24) is 4.90 Å². The number of hydrogen-bond acceptors (Lipinski definition) is 4. The van der Waals surface area contributed by atoms with E-state index in [-0.39, 0.29) is 36.4 Å². The van der Waals surface area contributed by atoms with Crippen molar-refractivity contribution in [3.05, 3.63) is 57.6 Å². The van der Waals surface area contributed by atoms with Crippen LogP contribution < -0.4 is 9.64 Å². The molecule has 3 aliphatic rings. The lowest BCUT2D eigenvalue weighted by atomic mass is 9.82. The maximum atomic E-state index is 13.2. The molecule has 0 aliphatic carbocycles. The van der Waals surface area contributed by atoms with Gasteiger partial charge in [-0.25, -0.2) is 0 Å². The fourth-order valence-corrected chi connectivity index (χ4v) is 5.56. The minimum Gasteiger partial charge on any atom is -0.484 e. The number of carbonyl (C=O) groups excluding carboxylic acids is 3. The quantitative estimate of drug-likeness (QED) is 0.617. The topological polar surface area (TPSA) is 66.9 Å². The van der Waals surface area contributed by atoms with Crippen LogP contribution in [-0.2, 0) is 9.59 Å². The monoisotopic (exact) mass is 486 g/mol. The van der Waals surface area contributed by atoms with Crippen molar-refractivity contribution in [2.45, 2.75) is 38.2 Å². The van der Waals surface area contributed by atoms with E-state index in [0.29, 0.717) is 53.8 Å². The molecule has 172 valence electrons.